The zero-order valence-corrected chi connectivity index (χ0v) is 33.7. The van der Waals surface area contributed by atoms with E-state index < -0.39 is 31.4 Å². The van der Waals surface area contributed by atoms with Gasteiger partial charge in [-0.05, 0) is 72.4 Å². The fourth-order valence-electron chi connectivity index (χ4n) is 9.36. The SMILES string of the molecule is COCOc1cc(-c2ncc3c(N(C)C4CC4)nc(OC[C@@]45CCCN4C[C@H](F)C5)nc3c2F)c2c(C#C[Si](C(C)C)(C(C)C)C(C)C)c(F)ccc2c1. The van der Waals surface area contributed by atoms with Gasteiger partial charge in [-0.15, -0.1) is 5.54 Å². The van der Waals surface area contributed by atoms with Crippen LogP contribution in [-0.4, -0.2) is 86.3 Å². The summed E-state index contributed by atoms with van der Waals surface area (Å²) in [6.45, 7) is 14.7. The number of hydrogen-bond acceptors (Lipinski definition) is 8. The molecule has 0 bridgehead atoms. The number of benzene rings is 2. The number of ether oxygens (including phenoxy) is 3. The number of methoxy groups -OCH3 is 1. The summed E-state index contributed by atoms with van der Waals surface area (Å²) in [5.41, 5.74) is 4.78. The summed E-state index contributed by atoms with van der Waals surface area (Å²) in [5.74, 6) is 3.06. The van der Waals surface area contributed by atoms with Crippen molar-refractivity contribution in [1.29, 1.82) is 0 Å². The monoisotopic (exact) mass is 759 g/mol. The van der Waals surface area contributed by atoms with Crippen LogP contribution in [-0.2, 0) is 4.74 Å². The van der Waals surface area contributed by atoms with E-state index >= 15 is 8.78 Å². The van der Waals surface area contributed by atoms with Gasteiger partial charge in [0.2, 0.25) is 0 Å². The molecule has 3 fully saturated rings. The zero-order valence-electron chi connectivity index (χ0n) is 32.7. The summed E-state index contributed by atoms with van der Waals surface area (Å²) < 4.78 is 65.4. The summed E-state index contributed by atoms with van der Waals surface area (Å²) in [5, 5.41) is 1.51. The van der Waals surface area contributed by atoms with Crippen LogP contribution in [0.5, 0.6) is 11.8 Å². The maximum Gasteiger partial charge on any atom is 0.319 e. The summed E-state index contributed by atoms with van der Waals surface area (Å²) in [6.07, 6.45) is 4.84. The van der Waals surface area contributed by atoms with Crippen molar-refractivity contribution >= 4 is 35.6 Å². The van der Waals surface area contributed by atoms with E-state index in [9.17, 15) is 4.39 Å². The van der Waals surface area contributed by atoms with Crippen LogP contribution in [0.3, 0.4) is 0 Å². The van der Waals surface area contributed by atoms with Crippen LogP contribution in [0.15, 0.2) is 30.5 Å². The lowest BCUT2D eigenvalue weighted by molar-refractivity contribution is 0.0512. The normalized spacial score (nSPS) is 20.3. The summed E-state index contributed by atoms with van der Waals surface area (Å²) in [4.78, 5) is 18.3. The molecule has 0 unspecified atom stereocenters. The second-order valence-corrected chi connectivity index (χ2v) is 22.0. The molecule has 12 heteroatoms. The molecule has 7 rings (SSSR count). The molecular formula is C42H52F3N5O3Si. The molecule has 0 radical (unpaired) electrons. The number of aromatic nitrogens is 3. The number of alkyl halides is 1. The Kier molecular flexibility index (Phi) is 10.6. The molecule has 2 saturated heterocycles. The highest BCUT2D eigenvalue weighted by atomic mass is 28.3. The number of rotatable bonds is 12. The number of fused-ring (bicyclic) bond motifs is 3. The van der Waals surface area contributed by atoms with E-state index in [-0.39, 0.29) is 42.2 Å². The number of nitrogens with zero attached hydrogens (tertiary/aromatic N) is 5. The van der Waals surface area contributed by atoms with Crippen molar-refractivity contribution in [2.75, 3.05) is 45.5 Å². The third-order valence-electron chi connectivity index (χ3n) is 12.2. The minimum Gasteiger partial charge on any atom is -0.468 e. The second kappa shape index (κ2) is 15.0. The first-order valence-electron chi connectivity index (χ1n) is 19.3. The number of hydrogen-bond donors (Lipinski definition) is 0. The van der Waals surface area contributed by atoms with Gasteiger partial charge in [0.15, 0.2) is 12.6 Å². The van der Waals surface area contributed by atoms with E-state index in [1.165, 1.54) is 13.2 Å². The van der Waals surface area contributed by atoms with Gasteiger partial charge in [0.05, 0.1) is 16.5 Å². The molecule has 4 heterocycles. The van der Waals surface area contributed by atoms with Crippen molar-refractivity contribution in [2.45, 2.75) is 108 Å². The van der Waals surface area contributed by atoms with Gasteiger partial charge in [0, 0.05) is 50.3 Å². The smallest absolute Gasteiger partial charge is 0.319 e. The largest absolute Gasteiger partial charge is 0.468 e. The lowest BCUT2D eigenvalue weighted by Gasteiger charge is -2.38. The molecule has 2 aromatic heterocycles. The average Bonchev–Trinajstić information content (AvgIpc) is 3.84. The Morgan fingerprint density at radius 1 is 1.04 bits per heavy atom. The van der Waals surface area contributed by atoms with E-state index in [0.717, 1.165) is 32.2 Å². The third kappa shape index (κ3) is 6.81. The predicted molar refractivity (Wildman–Crippen MR) is 211 cm³/mol. The van der Waals surface area contributed by atoms with Crippen molar-refractivity contribution < 1.29 is 27.4 Å². The standard InChI is InChI=1S/C42H52F3N5O3Si/c1-25(2)54(26(3)4,27(5)6)17-14-32-35(44)13-10-28-18-31(53-24-51-8)19-33(36(28)32)38-37(45)39-34(21-46-38)40(49(7)30-11-12-30)48-41(47-39)52-23-42-15-9-16-50(42)22-29(43)20-42/h10,13,18-19,21,25-27,29-30H,9,11-12,15-16,20,22-24H2,1-8H3/t29-,42+/m1/s1. The minimum atomic E-state index is -2.27. The number of halogens is 3. The van der Waals surface area contributed by atoms with Gasteiger partial charge in [0.25, 0.3) is 0 Å². The van der Waals surface area contributed by atoms with Crippen LogP contribution in [0.1, 0.15) is 79.2 Å². The third-order valence-corrected chi connectivity index (χ3v) is 18.5. The number of anilines is 1. The molecule has 288 valence electrons. The van der Waals surface area contributed by atoms with Crippen LogP contribution in [0.25, 0.3) is 32.9 Å². The molecule has 1 aliphatic carbocycles. The summed E-state index contributed by atoms with van der Waals surface area (Å²) in [7, 11) is 1.18. The first-order valence-corrected chi connectivity index (χ1v) is 21.5. The molecular weight excluding hydrogens is 708 g/mol. The molecule has 3 aliphatic rings. The molecule has 2 aliphatic heterocycles. The van der Waals surface area contributed by atoms with E-state index in [1.54, 1.807) is 24.4 Å². The van der Waals surface area contributed by atoms with Gasteiger partial charge in [0.1, 0.15) is 49.4 Å². The highest BCUT2D eigenvalue weighted by Crippen LogP contribution is 2.44. The number of pyridine rings is 1. The lowest BCUT2D eigenvalue weighted by Crippen LogP contribution is -2.43. The molecule has 8 nitrogen and oxygen atoms in total. The maximum atomic E-state index is 17.4. The molecule has 2 atom stereocenters. The van der Waals surface area contributed by atoms with Crippen LogP contribution < -0.4 is 14.4 Å². The van der Waals surface area contributed by atoms with E-state index in [4.69, 9.17) is 24.2 Å². The summed E-state index contributed by atoms with van der Waals surface area (Å²) in [6, 6.07) is 6.79. The van der Waals surface area contributed by atoms with Crippen molar-refractivity contribution in [1.82, 2.24) is 19.9 Å². The fraction of sp³-hybridized carbons (Fsp3) is 0.548. The van der Waals surface area contributed by atoms with Crippen molar-refractivity contribution in [3.63, 3.8) is 0 Å². The van der Waals surface area contributed by atoms with Crippen LogP contribution in [0.4, 0.5) is 19.0 Å². The Morgan fingerprint density at radius 3 is 2.46 bits per heavy atom. The van der Waals surface area contributed by atoms with Crippen molar-refractivity contribution in [2.24, 2.45) is 0 Å². The lowest BCUT2D eigenvalue weighted by atomic mass is 9.95. The minimum absolute atomic E-state index is 0.0228. The topological polar surface area (TPSA) is 72.8 Å². The zero-order chi connectivity index (χ0) is 38.5. The average molecular weight is 760 g/mol. The Labute approximate surface area is 317 Å². The van der Waals surface area contributed by atoms with E-state index in [1.807, 2.05) is 11.9 Å². The highest BCUT2D eigenvalue weighted by Gasteiger charge is 2.49. The molecule has 0 spiro atoms. The van der Waals surface area contributed by atoms with Crippen LogP contribution in [0, 0.1) is 23.1 Å². The van der Waals surface area contributed by atoms with Gasteiger partial charge in [-0.2, -0.15) is 9.97 Å². The molecule has 4 aromatic rings. The Hall–Kier alpha value is -3.92. The Morgan fingerprint density at radius 2 is 1.78 bits per heavy atom. The van der Waals surface area contributed by atoms with E-state index in [2.05, 4.69) is 62.9 Å². The van der Waals surface area contributed by atoms with Gasteiger partial charge >= 0.3 is 6.01 Å². The quantitative estimate of drug-likeness (QED) is 0.0805. The first-order chi connectivity index (χ1) is 25.8. The summed E-state index contributed by atoms with van der Waals surface area (Å²) >= 11 is 0. The Balaban J connectivity index is 1.42. The molecule has 0 amide bonds. The highest BCUT2D eigenvalue weighted by molar-refractivity contribution is 6.90. The van der Waals surface area contributed by atoms with Gasteiger partial charge in [-0.1, -0.05) is 53.5 Å². The van der Waals surface area contributed by atoms with Gasteiger partial charge < -0.3 is 19.1 Å². The van der Waals surface area contributed by atoms with Crippen molar-refractivity contribution in [3.8, 4) is 34.5 Å². The van der Waals surface area contributed by atoms with E-state index in [0.29, 0.717) is 62.9 Å². The Bertz CT molecular complexity index is 2090. The van der Waals surface area contributed by atoms with Gasteiger partial charge in [-0.25, -0.2) is 13.2 Å². The van der Waals surface area contributed by atoms with Crippen LogP contribution >= 0.6 is 0 Å². The second-order valence-electron chi connectivity index (χ2n) is 16.4. The first kappa shape index (κ1) is 38.4. The maximum absolute atomic E-state index is 17.4. The molecule has 54 heavy (non-hydrogen) atoms. The van der Waals surface area contributed by atoms with Crippen molar-refractivity contribution in [3.05, 3.63) is 47.7 Å². The predicted octanol–water partition coefficient (Wildman–Crippen LogP) is 9.23. The van der Waals surface area contributed by atoms with Crippen LogP contribution in [0.2, 0.25) is 16.6 Å². The van der Waals surface area contributed by atoms with Gasteiger partial charge in [-0.3, -0.25) is 9.88 Å². The molecule has 0 N–H and O–H groups in total. The molecule has 2 aromatic carbocycles. The molecule has 1 saturated carbocycles. The fourth-order valence-corrected chi connectivity index (χ4v) is 14.6.